The van der Waals surface area contributed by atoms with Crippen molar-refractivity contribution in [2.75, 3.05) is 21.2 Å². The smallest absolute Gasteiger partial charge is 0.416 e. The SMILES string of the molecule is CC[C@H]1OC(=O)[C@H](C)[C@@H](OC2C[C@@](C)(OC)[C@@H](O)[C@H](C)O2)[C@H](C)[C@@H](O[C@@H]2O[C@H](C)C[C@H](N(C)C)[C@H]2O)[C@](C)(O)C[C@@H](C)/C(=N\N=C\c2ccc(C(F)(F)F)cc2)[C@H](C)[C@@H](O)[C@]1(C)O. The minimum Gasteiger partial charge on any atom is -0.459 e. The normalized spacial score (nSPS) is 43.6. The van der Waals surface area contributed by atoms with E-state index in [1.54, 1.807) is 48.5 Å². The number of methoxy groups -OCH3 is 1. The van der Waals surface area contributed by atoms with E-state index < -0.39 is 113 Å². The molecular weight excluding hydrogens is 831 g/mol. The third-order valence-corrected chi connectivity index (χ3v) is 13.5. The lowest BCUT2D eigenvalue weighted by molar-refractivity contribution is -0.317. The molecule has 3 fully saturated rings. The van der Waals surface area contributed by atoms with E-state index in [1.165, 1.54) is 39.3 Å². The molecule has 1 aromatic carbocycles. The summed E-state index contributed by atoms with van der Waals surface area (Å²) in [5.74, 6) is -4.56. The van der Waals surface area contributed by atoms with Crippen molar-refractivity contribution in [2.45, 2.75) is 185 Å². The summed E-state index contributed by atoms with van der Waals surface area (Å²) in [6, 6.07) is 3.93. The Bertz CT molecular complexity index is 1710. The molecule has 15 nitrogen and oxygen atoms in total. The summed E-state index contributed by atoms with van der Waals surface area (Å²) in [5.41, 5.74) is -5.35. The molecule has 1 aromatic rings. The van der Waals surface area contributed by atoms with E-state index in [2.05, 4.69) is 10.2 Å². The third-order valence-electron chi connectivity index (χ3n) is 13.5. The van der Waals surface area contributed by atoms with Gasteiger partial charge in [0.25, 0.3) is 0 Å². The van der Waals surface area contributed by atoms with E-state index in [4.69, 9.17) is 28.4 Å². The number of likely N-dealkylation sites (N-methyl/N-ethyl adjacent to an activating group) is 1. The van der Waals surface area contributed by atoms with Crippen LogP contribution in [0.4, 0.5) is 13.2 Å². The van der Waals surface area contributed by atoms with Crippen LogP contribution in [0.5, 0.6) is 0 Å². The summed E-state index contributed by atoms with van der Waals surface area (Å²) in [6.07, 6.45) is -13.7. The molecule has 18 atom stereocenters. The van der Waals surface area contributed by atoms with E-state index >= 15 is 0 Å². The molecule has 0 aromatic heterocycles. The van der Waals surface area contributed by atoms with Crippen molar-refractivity contribution >= 4 is 17.9 Å². The van der Waals surface area contributed by atoms with Crippen LogP contribution >= 0.6 is 0 Å². The Morgan fingerprint density at radius 1 is 0.921 bits per heavy atom. The lowest BCUT2D eigenvalue weighted by atomic mass is 9.73. The average Bonchev–Trinajstić information content (AvgIpc) is 3.20. The molecule has 4 rings (SSSR count). The van der Waals surface area contributed by atoms with Gasteiger partial charge in [0.05, 0.1) is 59.4 Å². The number of aliphatic hydroxyl groups excluding tert-OH is 3. The molecule has 0 radical (unpaired) electrons. The lowest BCUT2D eigenvalue weighted by Crippen LogP contribution is -2.61. The summed E-state index contributed by atoms with van der Waals surface area (Å²) < 4.78 is 77.3. The number of hydrogen-bond acceptors (Lipinski definition) is 15. The van der Waals surface area contributed by atoms with Gasteiger partial charge < -0.3 is 58.9 Å². The first-order valence-electron chi connectivity index (χ1n) is 21.9. The minimum atomic E-state index is -4.53. The van der Waals surface area contributed by atoms with Gasteiger partial charge >= 0.3 is 12.1 Å². The van der Waals surface area contributed by atoms with Crippen LogP contribution < -0.4 is 0 Å². The van der Waals surface area contributed by atoms with Gasteiger partial charge in [0, 0.05) is 37.1 Å². The lowest BCUT2D eigenvalue weighted by Gasteiger charge is -2.49. The standard InChI is InChI=1S/C45H72F3N3O12/c1-14-32-44(10,57)37(53)25(4)34(50-49-22-29-15-17-30(18-16-29)45(46,47)48)23(2)20-42(8,56)39(63-41-35(52)31(51(11)12)19-24(3)59-41)26(5)36(27(6)40(55)61-32)62-33-21-43(9,58-13)38(54)28(7)60-33/h15-18,22-28,31-33,35-39,41,52-54,56-57H,14,19-21H2,1-13H3/b49-22+,50-34+/t23-,24-,25+,26+,27-,28+,31+,32-,33?,35-,36+,37-,38+,39-,41+,42-,43-,44-/m1/s1. The predicted octanol–water partition coefficient (Wildman–Crippen LogP) is 4.71. The largest absolute Gasteiger partial charge is 0.459 e. The second-order valence-electron chi connectivity index (χ2n) is 19.0. The highest BCUT2D eigenvalue weighted by Gasteiger charge is 2.53. The summed E-state index contributed by atoms with van der Waals surface area (Å²) in [5, 5.41) is 68.1. The van der Waals surface area contributed by atoms with E-state index in [-0.39, 0.29) is 37.1 Å². The highest BCUT2D eigenvalue weighted by atomic mass is 19.4. The molecule has 3 heterocycles. The van der Waals surface area contributed by atoms with Gasteiger partial charge in [0.2, 0.25) is 0 Å². The second-order valence-corrected chi connectivity index (χ2v) is 19.0. The van der Waals surface area contributed by atoms with Crippen molar-refractivity contribution in [3.05, 3.63) is 35.4 Å². The fraction of sp³-hybridized carbons (Fsp3) is 0.800. The second kappa shape index (κ2) is 20.9. The monoisotopic (exact) mass is 904 g/mol. The molecule has 0 bridgehead atoms. The number of alkyl halides is 3. The maximum absolute atomic E-state index is 14.4. The topological polar surface area (TPSA) is 202 Å². The van der Waals surface area contributed by atoms with Gasteiger partial charge in [-0.2, -0.15) is 23.4 Å². The Morgan fingerprint density at radius 2 is 1.54 bits per heavy atom. The van der Waals surface area contributed by atoms with E-state index in [0.29, 0.717) is 12.0 Å². The van der Waals surface area contributed by atoms with Crippen molar-refractivity contribution in [3.63, 3.8) is 0 Å². The molecule has 0 saturated carbocycles. The van der Waals surface area contributed by atoms with Gasteiger partial charge in [0.15, 0.2) is 12.6 Å². The van der Waals surface area contributed by atoms with E-state index in [1.807, 2.05) is 25.9 Å². The molecule has 1 unspecified atom stereocenters. The van der Waals surface area contributed by atoms with E-state index in [0.717, 1.165) is 12.1 Å². The Kier molecular flexibility index (Phi) is 17.6. The van der Waals surface area contributed by atoms with Gasteiger partial charge in [-0.25, -0.2) is 0 Å². The van der Waals surface area contributed by atoms with Crippen LogP contribution in [0.3, 0.4) is 0 Å². The number of ether oxygens (including phenoxy) is 6. The molecule has 0 spiro atoms. The predicted molar refractivity (Wildman–Crippen MR) is 228 cm³/mol. The van der Waals surface area contributed by atoms with Crippen LogP contribution in [0.15, 0.2) is 34.5 Å². The molecule has 18 heteroatoms. The zero-order valence-electron chi connectivity index (χ0n) is 38.9. The third kappa shape index (κ3) is 12.2. The first kappa shape index (κ1) is 53.0. The van der Waals surface area contributed by atoms with Crippen molar-refractivity contribution < 1.29 is 71.9 Å². The molecule has 0 aliphatic carbocycles. The average molecular weight is 904 g/mol. The van der Waals surface area contributed by atoms with Gasteiger partial charge in [0.1, 0.15) is 23.9 Å². The quantitative estimate of drug-likeness (QED) is 0.130. The number of carbonyl (C=O) groups is 1. The van der Waals surface area contributed by atoms with Crippen LogP contribution in [-0.2, 0) is 39.4 Å². The minimum absolute atomic E-state index is 0.0502. The number of benzene rings is 1. The van der Waals surface area contributed by atoms with Crippen LogP contribution in [0.25, 0.3) is 0 Å². The summed E-state index contributed by atoms with van der Waals surface area (Å²) in [7, 11) is 5.12. The fourth-order valence-corrected chi connectivity index (χ4v) is 9.53. The van der Waals surface area contributed by atoms with Gasteiger partial charge in [-0.05, 0) is 98.5 Å². The van der Waals surface area contributed by atoms with Crippen LogP contribution in [0, 0.1) is 23.7 Å². The van der Waals surface area contributed by atoms with Crippen molar-refractivity contribution in [2.24, 2.45) is 33.9 Å². The fourth-order valence-electron chi connectivity index (χ4n) is 9.53. The Labute approximate surface area is 369 Å². The van der Waals surface area contributed by atoms with Crippen LogP contribution in [-0.4, -0.2) is 154 Å². The highest BCUT2D eigenvalue weighted by molar-refractivity contribution is 5.90. The Morgan fingerprint density at radius 3 is 2.10 bits per heavy atom. The number of cyclic esters (lactones) is 1. The van der Waals surface area contributed by atoms with E-state index in [9.17, 15) is 43.5 Å². The molecule has 63 heavy (non-hydrogen) atoms. The molecule has 3 saturated heterocycles. The molecule has 5 N–H and O–H groups in total. The number of hydrogen-bond donors (Lipinski definition) is 5. The van der Waals surface area contributed by atoms with Crippen molar-refractivity contribution in [3.8, 4) is 0 Å². The summed E-state index contributed by atoms with van der Waals surface area (Å²) in [6.45, 7) is 16.5. The van der Waals surface area contributed by atoms with Gasteiger partial charge in [-0.15, -0.1) is 0 Å². The van der Waals surface area contributed by atoms with Crippen LogP contribution in [0.2, 0.25) is 0 Å². The van der Waals surface area contributed by atoms with Gasteiger partial charge in [-0.3, -0.25) is 4.79 Å². The van der Waals surface area contributed by atoms with Crippen molar-refractivity contribution in [1.29, 1.82) is 0 Å². The number of halogens is 3. The molecule has 3 aliphatic rings. The summed E-state index contributed by atoms with van der Waals surface area (Å²) >= 11 is 0. The molecule has 360 valence electrons. The number of esters is 1. The highest BCUT2D eigenvalue weighted by Crippen LogP contribution is 2.41. The Hall–Kier alpha value is -2.62. The maximum Gasteiger partial charge on any atom is 0.416 e. The first-order valence-corrected chi connectivity index (χ1v) is 21.9. The molecular formula is C45H72F3N3O12. The number of carbonyl (C=O) groups excluding carboxylic acids is 1. The maximum atomic E-state index is 14.4. The summed E-state index contributed by atoms with van der Waals surface area (Å²) in [4.78, 5) is 16.3. The molecule has 0 amide bonds. The zero-order valence-corrected chi connectivity index (χ0v) is 38.9. The van der Waals surface area contributed by atoms with Crippen molar-refractivity contribution in [1.82, 2.24) is 4.90 Å². The first-order chi connectivity index (χ1) is 29.1. The molecule has 3 aliphatic heterocycles. The van der Waals surface area contributed by atoms with Gasteiger partial charge in [-0.1, -0.05) is 39.8 Å². The number of aliphatic hydroxyl groups is 5. The Balaban J connectivity index is 1.89. The zero-order chi connectivity index (χ0) is 47.6. The number of nitrogens with zero attached hydrogens (tertiary/aromatic N) is 3. The number of rotatable bonds is 9. The van der Waals surface area contributed by atoms with Crippen LogP contribution in [0.1, 0.15) is 106 Å².